The molecule has 1 aliphatic heterocycles. The van der Waals surface area contributed by atoms with Crippen molar-refractivity contribution >= 4 is 51.5 Å². The summed E-state index contributed by atoms with van der Waals surface area (Å²) in [5, 5.41) is 11.8. The van der Waals surface area contributed by atoms with Crippen LogP contribution in [-0.4, -0.2) is 41.5 Å². The number of anilines is 1. The maximum Gasteiger partial charge on any atom is 0.350 e. The van der Waals surface area contributed by atoms with Crippen molar-refractivity contribution in [3.8, 4) is 5.75 Å². The fourth-order valence-electron chi connectivity index (χ4n) is 3.77. The van der Waals surface area contributed by atoms with E-state index in [9.17, 15) is 19.5 Å². The molecular formula is C25H21ClN2O6S. The molecule has 1 atom stereocenters. The molecule has 2 aromatic carbocycles. The number of rotatable bonds is 6. The zero-order valence-corrected chi connectivity index (χ0v) is 20.6. The van der Waals surface area contributed by atoms with E-state index in [-0.39, 0.29) is 27.9 Å². The minimum Gasteiger partial charge on any atom is -0.507 e. The number of aryl methyl sites for hydroxylation is 1. The molecule has 1 saturated heterocycles. The number of hydrogen-bond acceptors (Lipinski definition) is 8. The Bertz CT molecular complexity index is 1330. The van der Waals surface area contributed by atoms with E-state index in [0.717, 1.165) is 11.3 Å². The number of hydrogen-bond donors (Lipinski definition) is 1. The van der Waals surface area contributed by atoms with Gasteiger partial charge in [-0.1, -0.05) is 35.1 Å². The van der Waals surface area contributed by atoms with Crippen LogP contribution in [0.5, 0.6) is 5.75 Å². The van der Waals surface area contributed by atoms with Crippen LogP contribution in [0.25, 0.3) is 5.76 Å². The molecule has 1 fully saturated rings. The first kappa shape index (κ1) is 24.4. The zero-order valence-electron chi connectivity index (χ0n) is 19.1. The average molecular weight is 513 g/mol. The highest BCUT2D eigenvalue weighted by Gasteiger charge is 2.48. The van der Waals surface area contributed by atoms with Gasteiger partial charge in [-0.15, -0.1) is 0 Å². The Morgan fingerprint density at radius 3 is 2.40 bits per heavy atom. The van der Waals surface area contributed by atoms with Crippen molar-refractivity contribution in [2.24, 2.45) is 0 Å². The van der Waals surface area contributed by atoms with Crippen LogP contribution in [0, 0.1) is 6.92 Å². The third kappa shape index (κ3) is 4.52. The van der Waals surface area contributed by atoms with E-state index in [4.69, 9.17) is 21.1 Å². The summed E-state index contributed by atoms with van der Waals surface area (Å²) in [4.78, 5) is 44.6. The van der Waals surface area contributed by atoms with Gasteiger partial charge in [-0.05, 0) is 55.8 Å². The number of benzene rings is 2. The number of esters is 1. The second-order valence-corrected chi connectivity index (χ2v) is 8.99. The molecule has 0 radical (unpaired) electrons. The summed E-state index contributed by atoms with van der Waals surface area (Å²) >= 11 is 7.01. The highest BCUT2D eigenvalue weighted by molar-refractivity contribution is 7.17. The first-order valence-corrected chi connectivity index (χ1v) is 11.8. The number of Topliss-reactive ketones (excluding diaryl/α,β-unsaturated/α-hetero) is 1. The number of carbonyl (C=O) groups is 3. The minimum absolute atomic E-state index is 0.104. The summed E-state index contributed by atoms with van der Waals surface area (Å²) in [5.41, 5.74) is 1.14. The summed E-state index contributed by atoms with van der Waals surface area (Å²) in [6.07, 6.45) is 0. The molecule has 10 heteroatoms. The fraction of sp³-hybridized carbons (Fsp3) is 0.200. The minimum atomic E-state index is -0.991. The normalized spacial score (nSPS) is 17.0. The molecule has 180 valence electrons. The predicted octanol–water partition coefficient (Wildman–Crippen LogP) is 4.92. The molecule has 0 bridgehead atoms. The maximum atomic E-state index is 13.3. The van der Waals surface area contributed by atoms with Crippen molar-refractivity contribution in [1.82, 2.24) is 4.98 Å². The molecule has 0 spiro atoms. The molecule has 0 saturated carbocycles. The van der Waals surface area contributed by atoms with E-state index >= 15 is 0 Å². The first-order chi connectivity index (χ1) is 16.8. The molecular weight excluding hydrogens is 492 g/mol. The van der Waals surface area contributed by atoms with Gasteiger partial charge in [0.1, 0.15) is 16.4 Å². The van der Waals surface area contributed by atoms with Gasteiger partial charge in [-0.3, -0.25) is 14.5 Å². The van der Waals surface area contributed by atoms with Gasteiger partial charge in [-0.2, -0.15) is 0 Å². The zero-order chi connectivity index (χ0) is 25.3. The van der Waals surface area contributed by atoms with Gasteiger partial charge < -0.3 is 14.6 Å². The lowest BCUT2D eigenvalue weighted by Crippen LogP contribution is -2.29. The topological polar surface area (TPSA) is 106 Å². The third-order valence-electron chi connectivity index (χ3n) is 5.45. The largest absolute Gasteiger partial charge is 0.507 e. The average Bonchev–Trinajstić information content (AvgIpc) is 3.36. The lowest BCUT2D eigenvalue weighted by Gasteiger charge is -2.23. The summed E-state index contributed by atoms with van der Waals surface area (Å²) in [7, 11) is 1.52. The van der Waals surface area contributed by atoms with E-state index < -0.39 is 23.7 Å². The third-order valence-corrected chi connectivity index (χ3v) is 6.83. The summed E-state index contributed by atoms with van der Waals surface area (Å²) in [6.45, 7) is 3.49. The van der Waals surface area contributed by atoms with Crippen molar-refractivity contribution in [3.05, 3.63) is 80.8 Å². The summed E-state index contributed by atoms with van der Waals surface area (Å²) in [6, 6.07) is 12.1. The van der Waals surface area contributed by atoms with E-state index in [0.29, 0.717) is 27.6 Å². The molecule has 0 aliphatic carbocycles. The van der Waals surface area contributed by atoms with Crippen LogP contribution >= 0.6 is 22.9 Å². The number of methoxy groups -OCH3 is 1. The summed E-state index contributed by atoms with van der Waals surface area (Å²) < 4.78 is 10.2. The van der Waals surface area contributed by atoms with Crippen molar-refractivity contribution in [2.75, 3.05) is 18.6 Å². The molecule has 4 rings (SSSR count). The lowest BCUT2D eigenvalue weighted by atomic mass is 9.95. The quantitative estimate of drug-likeness (QED) is 0.216. The van der Waals surface area contributed by atoms with Gasteiger partial charge >= 0.3 is 11.9 Å². The van der Waals surface area contributed by atoms with Crippen LogP contribution in [0.1, 0.15) is 39.5 Å². The Labute approximate surface area is 210 Å². The second-order valence-electron chi connectivity index (χ2n) is 7.58. The SMILES string of the molecule is CCOC(=O)c1sc(N2C(=O)C(=O)/C(=C(/O)c3ccc(OC)cc3)C2c2ccc(Cl)cc2)nc1C. The molecule has 35 heavy (non-hydrogen) atoms. The molecule has 1 aromatic heterocycles. The predicted molar refractivity (Wildman–Crippen MR) is 132 cm³/mol. The van der Waals surface area contributed by atoms with Crippen molar-refractivity contribution < 1.29 is 29.0 Å². The number of nitrogens with zero attached hydrogens (tertiary/aromatic N) is 2. The van der Waals surface area contributed by atoms with Crippen LogP contribution in [-0.2, 0) is 14.3 Å². The fourth-order valence-corrected chi connectivity index (χ4v) is 4.88. The molecule has 1 amide bonds. The smallest absolute Gasteiger partial charge is 0.350 e. The number of aliphatic hydroxyl groups excluding tert-OH is 1. The van der Waals surface area contributed by atoms with Gasteiger partial charge in [0.15, 0.2) is 5.13 Å². The Kier molecular flexibility index (Phi) is 6.90. The van der Waals surface area contributed by atoms with E-state index in [2.05, 4.69) is 4.98 Å². The standard InChI is InChI=1S/C25H21ClN2O6S/c1-4-34-24(32)22-13(2)27-25(35-22)28-19(14-5-9-16(26)10-6-14)18(21(30)23(28)31)20(29)15-7-11-17(33-3)12-8-15/h5-12,19,29H,4H2,1-3H3/b20-18+. The number of halogens is 1. The number of ether oxygens (including phenoxy) is 2. The van der Waals surface area contributed by atoms with Crippen molar-refractivity contribution in [1.29, 1.82) is 0 Å². The number of carbonyl (C=O) groups excluding carboxylic acids is 3. The van der Waals surface area contributed by atoms with Crippen molar-refractivity contribution in [2.45, 2.75) is 19.9 Å². The molecule has 8 nitrogen and oxygen atoms in total. The first-order valence-electron chi connectivity index (χ1n) is 10.6. The second kappa shape index (κ2) is 9.89. The van der Waals surface area contributed by atoms with Gasteiger partial charge in [0.05, 0.1) is 31.0 Å². The number of ketones is 1. The van der Waals surface area contributed by atoms with Crippen LogP contribution in [0.4, 0.5) is 5.13 Å². The molecule has 1 N–H and O–H groups in total. The molecule has 3 aromatic rings. The maximum absolute atomic E-state index is 13.3. The van der Waals surface area contributed by atoms with E-state index in [1.165, 1.54) is 12.0 Å². The Balaban J connectivity index is 1.89. The number of thiazole rings is 1. The number of amides is 1. The van der Waals surface area contributed by atoms with E-state index in [1.807, 2.05) is 0 Å². The number of aromatic nitrogens is 1. The highest BCUT2D eigenvalue weighted by Crippen LogP contribution is 2.44. The number of aliphatic hydroxyl groups is 1. The van der Waals surface area contributed by atoms with Crippen LogP contribution < -0.4 is 9.64 Å². The highest BCUT2D eigenvalue weighted by atomic mass is 35.5. The van der Waals surface area contributed by atoms with Gasteiger partial charge in [0, 0.05) is 10.6 Å². The Morgan fingerprint density at radius 1 is 1.14 bits per heavy atom. The van der Waals surface area contributed by atoms with Gasteiger partial charge in [0.2, 0.25) is 0 Å². The Morgan fingerprint density at radius 2 is 1.80 bits per heavy atom. The van der Waals surface area contributed by atoms with Gasteiger partial charge in [0.25, 0.3) is 5.78 Å². The molecule has 1 aliphatic rings. The monoisotopic (exact) mass is 512 g/mol. The molecule has 1 unspecified atom stereocenters. The molecule has 2 heterocycles. The van der Waals surface area contributed by atoms with Crippen LogP contribution in [0.15, 0.2) is 54.1 Å². The lowest BCUT2D eigenvalue weighted by molar-refractivity contribution is -0.132. The van der Waals surface area contributed by atoms with Crippen LogP contribution in [0.3, 0.4) is 0 Å². The van der Waals surface area contributed by atoms with Crippen molar-refractivity contribution in [3.63, 3.8) is 0 Å². The van der Waals surface area contributed by atoms with Gasteiger partial charge in [-0.25, -0.2) is 9.78 Å². The summed E-state index contributed by atoms with van der Waals surface area (Å²) in [5.74, 6) is -2.08. The Hall–Kier alpha value is -3.69. The van der Waals surface area contributed by atoms with E-state index in [1.54, 1.807) is 62.4 Å². The van der Waals surface area contributed by atoms with Crippen LogP contribution in [0.2, 0.25) is 5.02 Å².